The molecule has 0 aliphatic carbocycles. The standard InChI is InChI=1S/C19H7F29O2/c1-3-5(49)50-19(47,48)18(45,46)17(43,44)16(41,42)15(39,40)14(37,38)13(35,36)12(33,34)11(31,32)10(29,30)9(27,28)8(25,26)7(23,24)6(21,22)4(2)20/h3-4H,1H2,2H3. The first-order valence-corrected chi connectivity index (χ1v) is 10.9. The molecule has 0 rings (SSSR count). The molecule has 0 saturated heterocycles. The first kappa shape index (κ1) is 47.2. The first-order valence-electron chi connectivity index (χ1n) is 10.9. The number of hydrogen-bond donors (Lipinski definition) is 0. The molecule has 0 radical (unpaired) electrons. The summed E-state index contributed by atoms with van der Waals surface area (Å²) in [6, 6.07) is 0. The lowest BCUT2D eigenvalue weighted by Gasteiger charge is -2.46. The summed E-state index contributed by atoms with van der Waals surface area (Å²) in [5.41, 5.74) is 0. The topological polar surface area (TPSA) is 26.3 Å². The Bertz CT molecular complexity index is 1270. The van der Waals surface area contributed by atoms with Crippen LogP contribution in [0.4, 0.5) is 127 Å². The highest BCUT2D eigenvalue weighted by Gasteiger charge is 3.01. The van der Waals surface area contributed by atoms with Crippen molar-refractivity contribution >= 4 is 5.97 Å². The molecule has 0 aliphatic rings. The van der Waals surface area contributed by atoms with E-state index in [9.17, 15) is 132 Å². The molecule has 0 saturated carbocycles. The minimum absolute atomic E-state index is 0.741. The molecular formula is C19H7F29O2. The van der Waals surface area contributed by atoms with Gasteiger partial charge in [0.15, 0.2) is 6.17 Å². The fraction of sp³-hybridized carbons (Fsp3) is 0.842. The summed E-state index contributed by atoms with van der Waals surface area (Å²) in [5, 5.41) is 0. The van der Waals surface area contributed by atoms with E-state index in [0.717, 1.165) is 0 Å². The van der Waals surface area contributed by atoms with Gasteiger partial charge in [0.1, 0.15) is 0 Å². The molecule has 0 N–H and O–H groups in total. The number of halogens is 29. The number of carbonyl (C=O) groups excluding carboxylic acids is 1. The highest BCUT2D eigenvalue weighted by molar-refractivity contribution is 5.81. The van der Waals surface area contributed by atoms with Crippen LogP contribution in [0.2, 0.25) is 0 Å². The predicted molar refractivity (Wildman–Crippen MR) is 96.1 cm³/mol. The zero-order valence-corrected chi connectivity index (χ0v) is 22.1. The van der Waals surface area contributed by atoms with Crippen LogP contribution in [0.3, 0.4) is 0 Å². The van der Waals surface area contributed by atoms with Crippen LogP contribution in [0.25, 0.3) is 0 Å². The van der Waals surface area contributed by atoms with Crippen LogP contribution in [0.5, 0.6) is 0 Å². The third kappa shape index (κ3) is 5.45. The third-order valence-corrected chi connectivity index (χ3v) is 6.02. The number of hydrogen-bond acceptors (Lipinski definition) is 2. The SMILES string of the molecule is C=CC(=O)OC(F)(F)C(F)(F)C(F)(F)C(F)(F)C(F)(F)C(F)(F)C(F)(F)C(F)(F)C(F)(F)C(F)(F)C(F)(F)C(F)(F)C(F)(F)C(F)(F)C(C)F. The molecule has 0 heterocycles. The van der Waals surface area contributed by atoms with E-state index in [-0.39, 0.29) is 0 Å². The molecule has 0 bridgehead atoms. The van der Waals surface area contributed by atoms with Gasteiger partial charge in [0.05, 0.1) is 0 Å². The Morgan fingerprint density at radius 2 is 0.600 bits per heavy atom. The van der Waals surface area contributed by atoms with Gasteiger partial charge in [-0.1, -0.05) is 6.58 Å². The Balaban J connectivity index is 7.60. The van der Waals surface area contributed by atoms with Crippen molar-refractivity contribution in [3.05, 3.63) is 12.7 Å². The van der Waals surface area contributed by atoms with Crippen molar-refractivity contribution in [2.75, 3.05) is 0 Å². The van der Waals surface area contributed by atoms with Crippen molar-refractivity contribution in [1.29, 1.82) is 0 Å². The smallest absolute Gasteiger partial charge is 0.393 e. The second-order valence-electron chi connectivity index (χ2n) is 9.27. The Kier molecular flexibility index (Phi) is 11.2. The van der Waals surface area contributed by atoms with Crippen LogP contribution in [-0.4, -0.2) is 95.2 Å². The number of carbonyl (C=O) groups is 1. The average Bonchev–Trinajstić information content (AvgIpc) is 2.90. The normalized spacial score (nSPS) is 17.1. The predicted octanol–water partition coefficient (Wildman–Crippen LogP) is 9.93. The molecule has 31 heteroatoms. The van der Waals surface area contributed by atoms with Crippen LogP contribution in [0, 0.1) is 0 Å². The summed E-state index contributed by atoms with van der Waals surface area (Å²) in [4.78, 5) is 10.5. The van der Waals surface area contributed by atoms with Gasteiger partial charge in [0, 0.05) is 6.08 Å². The molecule has 1 atom stereocenters. The molecule has 0 fully saturated rings. The van der Waals surface area contributed by atoms with E-state index >= 15 is 0 Å². The van der Waals surface area contributed by atoms with Crippen LogP contribution in [0.1, 0.15) is 6.92 Å². The quantitative estimate of drug-likeness (QED) is 0.0882. The molecule has 0 amide bonds. The Morgan fingerprint density at radius 1 is 0.420 bits per heavy atom. The van der Waals surface area contributed by atoms with E-state index in [1.807, 2.05) is 0 Å². The van der Waals surface area contributed by atoms with Gasteiger partial charge in [-0.05, 0) is 6.92 Å². The van der Waals surface area contributed by atoms with Crippen LogP contribution >= 0.6 is 0 Å². The van der Waals surface area contributed by atoms with Gasteiger partial charge < -0.3 is 4.74 Å². The lowest BCUT2D eigenvalue weighted by atomic mass is 9.83. The van der Waals surface area contributed by atoms with Gasteiger partial charge in [-0.2, -0.15) is 123 Å². The van der Waals surface area contributed by atoms with Crippen molar-refractivity contribution in [3.63, 3.8) is 0 Å². The number of alkyl halides is 29. The molecule has 0 spiro atoms. The molecular weight excluding hydrogens is 811 g/mol. The maximum absolute atomic E-state index is 13.8. The minimum atomic E-state index is -9.98. The summed E-state index contributed by atoms with van der Waals surface area (Å²) in [6.45, 7) is 1.11. The molecule has 1 unspecified atom stereocenters. The van der Waals surface area contributed by atoms with Gasteiger partial charge in [-0.15, -0.1) is 0 Å². The van der Waals surface area contributed by atoms with E-state index in [2.05, 4.69) is 11.3 Å². The van der Waals surface area contributed by atoms with Gasteiger partial charge in [0.25, 0.3) is 0 Å². The van der Waals surface area contributed by atoms with Crippen molar-refractivity contribution in [2.45, 2.75) is 96.2 Å². The van der Waals surface area contributed by atoms with E-state index in [0.29, 0.717) is 0 Å². The third-order valence-electron chi connectivity index (χ3n) is 6.02. The Labute approximate surface area is 253 Å². The summed E-state index contributed by atoms with van der Waals surface area (Å²) in [6.07, 6.45) is -13.4. The first-order chi connectivity index (χ1) is 21.1. The monoisotopic (exact) mass is 818 g/mol. The lowest BCUT2D eigenvalue weighted by Crippen LogP contribution is -2.79. The highest BCUT2D eigenvalue weighted by Crippen LogP contribution is 2.69. The van der Waals surface area contributed by atoms with Crippen LogP contribution in [-0.2, 0) is 9.53 Å². The summed E-state index contributed by atoms with van der Waals surface area (Å²) in [7, 11) is 0. The van der Waals surface area contributed by atoms with E-state index in [1.54, 1.807) is 0 Å². The number of rotatable bonds is 16. The highest BCUT2D eigenvalue weighted by atomic mass is 19.4. The fourth-order valence-electron chi connectivity index (χ4n) is 2.85. The second kappa shape index (κ2) is 11.9. The molecule has 0 aromatic heterocycles. The van der Waals surface area contributed by atoms with Crippen LogP contribution in [0.15, 0.2) is 12.7 Å². The van der Waals surface area contributed by atoms with Crippen LogP contribution < -0.4 is 0 Å². The average molecular weight is 818 g/mol. The number of ether oxygens (including phenoxy) is 1. The number of esters is 1. The maximum atomic E-state index is 13.8. The van der Waals surface area contributed by atoms with E-state index < -0.39 is 108 Å². The fourth-order valence-corrected chi connectivity index (χ4v) is 2.85. The van der Waals surface area contributed by atoms with Gasteiger partial charge >= 0.3 is 89.1 Å². The Hall–Kier alpha value is -2.82. The summed E-state index contributed by atoms with van der Waals surface area (Å²) in [5.74, 6) is -125. The lowest BCUT2D eigenvalue weighted by molar-refractivity contribution is -0.489. The molecule has 0 aliphatic heterocycles. The largest absolute Gasteiger partial charge is 0.473 e. The van der Waals surface area contributed by atoms with E-state index in [1.165, 1.54) is 0 Å². The maximum Gasteiger partial charge on any atom is 0.473 e. The van der Waals surface area contributed by atoms with Crippen molar-refractivity contribution in [2.24, 2.45) is 0 Å². The van der Waals surface area contributed by atoms with Crippen molar-refractivity contribution in [3.8, 4) is 0 Å². The van der Waals surface area contributed by atoms with Gasteiger partial charge in [-0.25, -0.2) is 9.18 Å². The molecule has 2 nitrogen and oxygen atoms in total. The molecule has 50 heavy (non-hydrogen) atoms. The zero-order valence-electron chi connectivity index (χ0n) is 22.1. The zero-order chi connectivity index (χ0) is 41.6. The second-order valence-corrected chi connectivity index (χ2v) is 9.27. The molecule has 298 valence electrons. The van der Waals surface area contributed by atoms with E-state index in [4.69, 9.17) is 0 Å². The minimum Gasteiger partial charge on any atom is -0.393 e. The van der Waals surface area contributed by atoms with Gasteiger partial charge in [-0.3, -0.25) is 0 Å². The summed E-state index contributed by atoms with van der Waals surface area (Å²) < 4.78 is 396. The summed E-state index contributed by atoms with van der Waals surface area (Å²) >= 11 is 0. The molecule has 0 aromatic rings. The van der Waals surface area contributed by atoms with Gasteiger partial charge in [0.2, 0.25) is 0 Å². The molecule has 0 aromatic carbocycles. The van der Waals surface area contributed by atoms with Crippen molar-refractivity contribution in [1.82, 2.24) is 0 Å². The van der Waals surface area contributed by atoms with Crippen molar-refractivity contribution < 1.29 is 137 Å². The Morgan fingerprint density at radius 3 is 0.780 bits per heavy atom.